The zero-order chi connectivity index (χ0) is 30.8. The lowest BCUT2D eigenvalue weighted by Crippen LogP contribution is -2.43. The van der Waals surface area contributed by atoms with E-state index < -0.39 is 6.04 Å². The van der Waals surface area contributed by atoms with Crippen molar-refractivity contribution >= 4 is 50.0 Å². The molecule has 5 rings (SSSR count). The van der Waals surface area contributed by atoms with Crippen molar-refractivity contribution in [2.75, 3.05) is 33.9 Å². The van der Waals surface area contributed by atoms with Gasteiger partial charge in [0.1, 0.15) is 11.8 Å². The van der Waals surface area contributed by atoms with Crippen molar-refractivity contribution in [3.8, 4) is 17.2 Å². The fraction of sp³-hybridized carbons (Fsp3) is 0.303. The van der Waals surface area contributed by atoms with Crippen molar-refractivity contribution in [3.05, 3.63) is 95.1 Å². The number of likely N-dealkylation sites (N-methyl/N-ethyl adjacent to an activating group) is 1. The third kappa shape index (κ3) is 5.49. The van der Waals surface area contributed by atoms with Crippen molar-refractivity contribution < 1.29 is 19.0 Å². The fourth-order valence-electron chi connectivity index (χ4n) is 5.54. The molecule has 3 aromatic carbocycles. The summed E-state index contributed by atoms with van der Waals surface area (Å²) >= 11 is 4.87. The van der Waals surface area contributed by atoms with E-state index >= 15 is 0 Å². The van der Waals surface area contributed by atoms with E-state index in [2.05, 4.69) is 15.9 Å². The number of rotatable bonds is 9. The van der Waals surface area contributed by atoms with E-state index in [-0.39, 0.29) is 11.5 Å². The molecule has 1 atom stereocenters. The zero-order valence-electron chi connectivity index (χ0n) is 25.1. The van der Waals surface area contributed by atoms with Crippen LogP contribution in [0.2, 0.25) is 0 Å². The Bertz CT molecular complexity index is 1920. The molecule has 8 nitrogen and oxygen atoms in total. The molecule has 0 bridgehead atoms. The predicted octanol–water partition coefficient (Wildman–Crippen LogP) is 5.44. The number of fused-ring (bicyclic) bond motifs is 2. The monoisotopic (exact) mass is 663 g/mol. The van der Waals surface area contributed by atoms with Crippen molar-refractivity contribution in [2.45, 2.75) is 33.7 Å². The van der Waals surface area contributed by atoms with Crippen molar-refractivity contribution in [1.82, 2.24) is 9.47 Å². The third-order valence-corrected chi connectivity index (χ3v) is 9.14. The minimum atomic E-state index is -0.742. The van der Waals surface area contributed by atoms with Crippen molar-refractivity contribution in [2.24, 2.45) is 4.99 Å². The zero-order valence-corrected chi connectivity index (χ0v) is 27.5. The molecule has 1 aromatic heterocycles. The molecule has 1 aliphatic rings. The topological polar surface area (TPSA) is 82.4 Å². The predicted molar refractivity (Wildman–Crippen MR) is 174 cm³/mol. The van der Waals surface area contributed by atoms with E-state index in [0.29, 0.717) is 62.0 Å². The van der Waals surface area contributed by atoms with Gasteiger partial charge in [0.2, 0.25) is 0 Å². The minimum absolute atomic E-state index is 0.152. The highest BCUT2D eigenvalue weighted by molar-refractivity contribution is 9.10. The molecule has 10 heteroatoms. The number of methoxy groups -OCH3 is 2. The Morgan fingerprint density at radius 1 is 1.07 bits per heavy atom. The average molecular weight is 665 g/mol. The van der Waals surface area contributed by atoms with Gasteiger partial charge in [-0.25, -0.2) is 4.99 Å². The summed E-state index contributed by atoms with van der Waals surface area (Å²) in [6.45, 7) is 9.19. The summed E-state index contributed by atoms with van der Waals surface area (Å²) < 4.78 is 20.0. The number of benzene rings is 3. The van der Waals surface area contributed by atoms with Crippen LogP contribution >= 0.6 is 27.3 Å². The molecule has 43 heavy (non-hydrogen) atoms. The molecule has 0 saturated heterocycles. The van der Waals surface area contributed by atoms with Crippen LogP contribution in [0.25, 0.3) is 16.8 Å². The molecule has 0 N–H and O–H groups in total. The van der Waals surface area contributed by atoms with Crippen LogP contribution in [0.5, 0.6) is 17.2 Å². The number of thiazole rings is 1. The molecule has 0 fully saturated rings. The van der Waals surface area contributed by atoms with Gasteiger partial charge in [0.25, 0.3) is 11.5 Å². The fourth-order valence-corrected chi connectivity index (χ4v) is 7.16. The Morgan fingerprint density at radius 3 is 2.47 bits per heavy atom. The summed E-state index contributed by atoms with van der Waals surface area (Å²) in [5, 5.41) is 1.89. The van der Waals surface area contributed by atoms with Crippen LogP contribution in [0, 0.1) is 0 Å². The second kappa shape index (κ2) is 12.8. The van der Waals surface area contributed by atoms with E-state index in [1.54, 1.807) is 23.7 Å². The first-order valence-electron chi connectivity index (χ1n) is 14.2. The maximum Gasteiger partial charge on any atom is 0.271 e. The van der Waals surface area contributed by atoms with E-state index in [9.17, 15) is 9.59 Å². The van der Waals surface area contributed by atoms with Gasteiger partial charge in [0.15, 0.2) is 16.3 Å². The van der Waals surface area contributed by atoms with Crippen LogP contribution in [-0.4, -0.2) is 49.3 Å². The summed E-state index contributed by atoms with van der Waals surface area (Å²) in [5.74, 6) is 1.59. The summed E-state index contributed by atoms with van der Waals surface area (Å²) in [7, 11) is 3.19. The van der Waals surface area contributed by atoms with Crippen LogP contribution in [-0.2, 0) is 4.79 Å². The van der Waals surface area contributed by atoms with E-state index in [4.69, 9.17) is 19.2 Å². The van der Waals surface area contributed by atoms with Crippen LogP contribution in [0.15, 0.2) is 74.1 Å². The van der Waals surface area contributed by atoms with Gasteiger partial charge < -0.3 is 19.1 Å². The van der Waals surface area contributed by atoms with Gasteiger partial charge in [-0.1, -0.05) is 41.7 Å². The normalized spacial score (nSPS) is 14.9. The summed E-state index contributed by atoms with van der Waals surface area (Å²) in [6, 6.07) is 14.8. The Kier molecular flexibility index (Phi) is 9.08. The largest absolute Gasteiger partial charge is 0.496 e. The molecule has 2 heterocycles. The molecule has 4 aromatic rings. The molecule has 0 spiro atoms. The second-order valence-corrected chi connectivity index (χ2v) is 11.8. The number of nitrogens with zero attached hydrogens (tertiary/aromatic N) is 3. The Morgan fingerprint density at radius 2 is 1.79 bits per heavy atom. The van der Waals surface area contributed by atoms with Crippen LogP contribution in [0.3, 0.4) is 0 Å². The van der Waals surface area contributed by atoms with E-state index in [0.717, 1.165) is 21.9 Å². The molecule has 0 radical (unpaired) electrons. The molecular weight excluding hydrogens is 630 g/mol. The number of aromatic nitrogens is 1. The number of allylic oxidation sites excluding steroid dienone is 1. The number of hydrogen-bond acceptors (Lipinski definition) is 7. The SMILES string of the molecule is CCOc1c(Br)cc(/C=c2/sc3n(c2=O)[C@@H](c2c(OC)ccc4ccccc24)C(C(=O)N(CC)CC)=C(C)N=3)cc1OC. The number of carbonyl (C=O) groups excluding carboxylic acids is 1. The highest BCUT2D eigenvalue weighted by Crippen LogP contribution is 2.41. The summed E-state index contributed by atoms with van der Waals surface area (Å²) in [6.07, 6.45) is 1.81. The molecule has 1 amide bonds. The van der Waals surface area contributed by atoms with Gasteiger partial charge in [-0.2, -0.15) is 0 Å². The van der Waals surface area contributed by atoms with Gasteiger partial charge >= 0.3 is 0 Å². The number of amides is 1. The van der Waals surface area contributed by atoms with Crippen molar-refractivity contribution in [3.63, 3.8) is 0 Å². The first kappa shape index (κ1) is 30.6. The first-order chi connectivity index (χ1) is 20.8. The van der Waals surface area contributed by atoms with Crippen LogP contribution in [0.4, 0.5) is 0 Å². The molecule has 0 aliphatic carbocycles. The molecule has 0 saturated carbocycles. The molecule has 0 unspecified atom stereocenters. The van der Waals surface area contributed by atoms with E-state index in [1.807, 2.05) is 82.3 Å². The minimum Gasteiger partial charge on any atom is -0.496 e. The van der Waals surface area contributed by atoms with Crippen molar-refractivity contribution in [1.29, 1.82) is 0 Å². The Balaban J connectivity index is 1.81. The third-order valence-electron chi connectivity index (χ3n) is 7.56. The van der Waals surface area contributed by atoms with Crippen LogP contribution in [0.1, 0.15) is 44.9 Å². The molecular formula is C33H34BrN3O5S. The number of carbonyl (C=O) groups is 1. The highest BCUT2D eigenvalue weighted by atomic mass is 79.9. The average Bonchev–Trinajstić information content (AvgIpc) is 3.31. The van der Waals surface area contributed by atoms with Gasteiger partial charge in [0.05, 0.1) is 41.1 Å². The lowest BCUT2D eigenvalue weighted by atomic mass is 9.90. The van der Waals surface area contributed by atoms with Gasteiger partial charge in [-0.15, -0.1) is 0 Å². The number of hydrogen-bond donors (Lipinski definition) is 0. The number of halogens is 1. The quantitative estimate of drug-likeness (QED) is 0.238. The smallest absolute Gasteiger partial charge is 0.271 e. The van der Waals surface area contributed by atoms with Gasteiger partial charge in [0, 0.05) is 18.7 Å². The van der Waals surface area contributed by atoms with E-state index in [1.165, 1.54) is 11.3 Å². The maximum atomic E-state index is 14.4. The van der Waals surface area contributed by atoms with Gasteiger partial charge in [-0.05, 0) is 84.2 Å². The second-order valence-electron chi connectivity index (χ2n) is 9.93. The molecule has 1 aliphatic heterocycles. The summed E-state index contributed by atoms with van der Waals surface area (Å²) in [4.78, 5) is 35.6. The Labute approximate surface area is 262 Å². The highest BCUT2D eigenvalue weighted by Gasteiger charge is 2.36. The first-order valence-corrected chi connectivity index (χ1v) is 15.8. The number of ether oxygens (including phenoxy) is 3. The summed E-state index contributed by atoms with van der Waals surface area (Å²) in [5.41, 5.74) is 2.30. The standard InChI is InChI=1S/C33H34BrN3O5S/c1-7-36(8-2)32(39)27-19(4)35-33-37(29(27)28-22-13-11-10-12-21(22)14-15-24(28)40-5)31(38)26(43-33)18-20-16-23(34)30(42-9-3)25(17-20)41-6/h10-18,29H,7-9H2,1-6H3/b26-18+/t29-/m1/s1. The van der Waals surface area contributed by atoms with Crippen LogP contribution < -0.4 is 29.1 Å². The maximum absolute atomic E-state index is 14.4. The lowest BCUT2D eigenvalue weighted by Gasteiger charge is -2.30. The van der Waals surface area contributed by atoms with Gasteiger partial charge in [-0.3, -0.25) is 14.2 Å². The Hall–Kier alpha value is -3.89. The molecule has 224 valence electrons. The lowest BCUT2D eigenvalue weighted by molar-refractivity contribution is -0.127.